The zero-order valence-corrected chi connectivity index (χ0v) is 10.9. The molecule has 2 N–H and O–H groups in total. The number of halogens is 3. The maximum atomic E-state index is 13.1. The van der Waals surface area contributed by atoms with E-state index in [1.54, 1.807) is 6.07 Å². The Morgan fingerprint density at radius 2 is 2.10 bits per heavy atom. The Morgan fingerprint density at radius 3 is 2.65 bits per heavy atom. The molecule has 0 bridgehead atoms. The maximum Gasteiger partial charge on any atom is 0.418 e. The first kappa shape index (κ1) is 14.5. The molecule has 2 rings (SSSR count). The van der Waals surface area contributed by atoms with Crippen molar-refractivity contribution in [2.75, 3.05) is 0 Å². The van der Waals surface area contributed by atoms with E-state index < -0.39 is 11.7 Å². The average molecular weight is 284 g/mol. The van der Waals surface area contributed by atoms with Crippen molar-refractivity contribution in [3.8, 4) is 5.69 Å². The minimum absolute atomic E-state index is 0.0381. The molecule has 108 valence electrons. The molecule has 1 heterocycles. The molecule has 4 nitrogen and oxygen atoms in total. The lowest BCUT2D eigenvalue weighted by Gasteiger charge is -2.15. The minimum atomic E-state index is -4.45. The molecule has 1 aromatic carbocycles. The minimum Gasteiger partial charge on any atom is -0.327 e. The van der Waals surface area contributed by atoms with Gasteiger partial charge in [-0.3, -0.25) is 0 Å². The lowest BCUT2D eigenvalue weighted by atomic mass is 10.0. The highest BCUT2D eigenvalue weighted by Crippen LogP contribution is 2.34. The number of nitrogens with zero attached hydrogens (tertiary/aromatic N) is 3. The number of hydrogen-bond donors (Lipinski definition) is 1. The molecule has 20 heavy (non-hydrogen) atoms. The molecule has 0 amide bonds. The lowest BCUT2D eigenvalue weighted by Crippen LogP contribution is -2.22. The second kappa shape index (κ2) is 5.62. The monoisotopic (exact) mass is 284 g/mol. The molecule has 0 saturated heterocycles. The molecule has 0 aliphatic carbocycles. The van der Waals surface area contributed by atoms with E-state index in [0.29, 0.717) is 18.4 Å². The third kappa shape index (κ3) is 3.16. The normalized spacial score (nSPS) is 13.4. The van der Waals surface area contributed by atoms with Gasteiger partial charge in [0.25, 0.3) is 0 Å². The van der Waals surface area contributed by atoms with Gasteiger partial charge in [-0.2, -0.15) is 18.3 Å². The zero-order valence-electron chi connectivity index (χ0n) is 10.9. The molecule has 0 aliphatic rings. The Labute approximate surface area is 114 Å². The van der Waals surface area contributed by atoms with E-state index in [9.17, 15) is 13.2 Å². The van der Waals surface area contributed by atoms with Crippen LogP contribution in [0.2, 0.25) is 0 Å². The van der Waals surface area contributed by atoms with E-state index in [2.05, 4.69) is 10.1 Å². The van der Waals surface area contributed by atoms with E-state index in [1.807, 2.05) is 6.92 Å². The Hall–Kier alpha value is -1.89. The summed E-state index contributed by atoms with van der Waals surface area (Å²) in [4.78, 5) is 3.67. The molecule has 7 heteroatoms. The summed E-state index contributed by atoms with van der Waals surface area (Å²) in [6.07, 6.45) is -0.889. The Balaban J connectivity index is 2.44. The summed E-state index contributed by atoms with van der Waals surface area (Å²) in [6.45, 7) is 1.90. The molecule has 0 fully saturated rings. The van der Waals surface area contributed by atoms with Crippen LogP contribution in [0.4, 0.5) is 13.2 Å². The summed E-state index contributed by atoms with van der Waals surface area (Å²) in [5.74, 6) is 0. The first-order valence-corrected chi connectivity index (χ1v) is 6.22. The SMILES string of the molecule is CCC(N)Cc1ccc(-n2cncn2)c(C(F)(F)F)c1. The van der Waals surface area contributed by atoms with Crippen molar-refractivity contribution in [3.05, 3.63) is 42.0 Å². The number of nitrogens with two attached hydrogens (primary N) is 1. The highest BCUT2D eigenvalue weighted by atomic mass is 19.4. The van der Waals surface area contributed by atoms with Gasteiger partial charge in [0.05, 0.1) is 11.3 Å². The van der Waals surface area contributed by atoms with E-state index in [0.717, 1.165) is 10.7 Å². The van der Waals surface area contributed by atoms with Crippen LogP contribution in [-0.2, 0) is 12.6 Å². The van der Waals surface area contributed by atoms with Gasteiger partial charge in [-0.25, -0.2) is 9.67 Å². The fourth-order valence-corrected chi connectivity index (χ4v) is 1.92. The molecular weight excluding hydrogens is 269 g/mol. The third-order valence-corrected chi connectivity index (χ3v) is 3.05. The number of benzene rings is 1. The Morgan fingerprint density at radius 1 is 1.35 bits per heavy atom. The van der Waals surface area contributed by atoms with Crippen LogP contribution in [-0.4, -0.2) is 20.8 Å². The highest BCUT2D eigenvalue weighted by Gasteiger charge is 2.34. The van der Waals surface area contributed by atoms with Crippen molar-refractivity contribution in [1.29, 1.82) is 0 Å². The number of hydrogen-bond acceptors (Lipinski definition) is 3. The van der Waals surface area contributed by atoms with Gasteiger partial charge in [0, 0.05) is 6.04 Å². The molecule has 2 aromatic rings. The third-order valence-electron chi connectivity index (χ3n) is 3.05. The van der Waals surface area contributed by atoms with E-state index in [4.69, 9.17) is 5.73 Å². The Bertz CT molecular complexity index is 563. The van der Waals surface area contributed by atoms with Gasteiger partial charge >= 0.3 is 6.18 Å². The van der Waals surface area contributed by atoms with Crippen molar-refractivity contribution in [3.63, 3.8) is 0 Å². The van der Waals surface area contributed by atoms with Crippen LogP contribution in [0.15, 0.2) is 30.9 Å². The van der Waals surface area contributed by atoms with Gasteiger partial charge in [0.2, 0.25) is 0 Å². The molecule has 1 atom stereocenters. The van der Waals surface area contributed by atoms with Crippen LogP contribution in [0.3, 0.4) is 0 Å². The Kier molecular flexibility index (Phi) is 4.08. The maximum absolute atomic E-state index is 13.1. The van der Waals surface area contributed by atoms with Crippen LogP contribution in [0, 0.1) is 0 Å². The van der Waals surface area contributed by atoms with Gasteiger partial charge in [0.15, 0.2) is 0 Å². The summed E-state index contributed by atoms with van der Waals surface area (Å²) < 4.78 is 40.5. The summed E-state index contributed by atoms with van der Waals surface area (Å²) >= 11 is 0. The van der Waals surface area contributed by atoms with E-state index in [1.165, 1.54) is 18.7 Å². The van der Waals surface area contributed by atoms with Gasteiger partial charge in [-0.05, 0) is 30.5 Å². The second-order valence-electron chi connectivity index (χ2n) is 4.56. The zero-order chi connectivity index (χ0) is 14.8. The predicted molar refractivity (Wildman–Crippen MR) is 68.3 cm³/mol. The van der Waals surface area contributed by atoms with Gasteiger partial charge < -0.3 is 5.73 Å². The largest absolute Gasteiger partial charge is 0.418 e. The fourth-order valence-electron chi connectivity index (χ4n) is 1.92. The van der Waals surface area contributed by atoms with Crippen LogP contribution in [0.5, 0.6) is 0 Å². The van der Waals surface area contributed by atoms with Gasteiger partial charge in [0.1, 0.15) is 12.7 Å². The van der Waals surface area contributed by atoms with Crippen molar-refractivity contribution in [2.45, 2.75) is 32.0 Å². The first-order valence-electron chi connectivity index (χ1n) is 6.22. The highest BCUT2D eigenvalue weighted by molar-refractivity contribution is 5.44. The molecule has 0 radical (unpaired) electrons. The predicted octanol–water partition coefficient (Wildman–Crippen LogP) is 2.57. The molecule has 0 spiro atoms. The topological polar surface area (TPSA) is 56.7 Å². The standard InChI is InChI=1S/C13H15F3N4/c1-2-10(17)5-9-3-4-12(20-8-18-7-19-20)11(6-9)13(14,15)16/h3-4,6-8,10H,2,5,17H2,1H3. The van der Waals surface area contributed by atoms with Crippen molar-refractivity contribution in [1.82, 2.24) is 14.8 Å². The van der Waals surface area contributed by atoms with E-state index in [-0.39, 0.29) is 11.7 Å². The van der Waals surface area contributed by atoms with Gasteiger partial charge in [-0.15, -0.1) is 0 Å². The quantitative estimate of drug-likeness (QED) is 0.938. The smallest absolute Gasteiger partial charge is 0.327 e. The summed E-state index contributed by atoms with van der Waals surface area (Å²) in [6, 6.07) is 4.03. The summed E-state index contributed by atoms with van der Waals surface area (Å²) in [7, 11) is 0. The van der Waals surface area contributed by atoms with Crippen LogP contribution in [0.1, 0.15) is 24.5 Å². The lowest BCUT2D eigenvalue weighted by molar-refractivity contribution is -0.137. The van der Waals surface area contributed by atoms with Crippen LogP contribution < -0.4 is 5.73 Å². The summed E-state index contributed by atoms with van der Waals surface area (Å²) in [5, 5.41) is 3.75. The molecule has 1 aromatic heterocycles. The van der Waals surface area contributed by atoms with Crippen molar-refractivity contribution < 1.29 is 13.2 Å². The van der Waals surface area contributed by atoms with Crippen molar-refractivity contribution >= 4 is 0 Å². The number of aromatic nitrogens is 3. The van der Waals surface area contributed by atoms with Crippen LogP contribution in [0.25, 0.3) is 5.69 Å². The van der Waals surface area contributed by atoms with Crippen LogP contribution >= 0.6 is 0 Å². The second-order valence-corrected chi connectivity index (χ2v) is 4.56. The summed E-state index contributed by atoms with van der Waals surface area (Å²) in [5.41, 5.74) is 5.58. The fraction of sp³-hybridized carbons (Fsp3) is 0.385. The molecular formula is C13H15F3N4. The van der Waals surface area contributed by atoms with Crippen molar-refractivity contribution in [2.24, 2.45) is 5.73 Å². The molecule has 0 saturated carbocycles. The molecule has 1 unspecified atom stereocenters. The first-order chi connectivity index (χ1) is 9.41. The van der Waals surface area contributed by atoms with Gasteiger partial charge in [-0.1, -0.05) is 13.0 Å². The number of rotatable bonds is 4. The average Bonchev–Trinajstić information content (AvgIpc) is 2.91. The molecule has 0 aliphatic heterocycles. The van der Waals surface area contributed by atoms with E-state index >= 15 is 0 Å². The number of alkyl halides is 3.